The summed E-state index contributed by atoms with van der Waals surface area (Å²) in [6, 6.07) is 2.45. The van der Waals surface area contributed by atoms with Crippen LogP contribution in [0.15, 0.2) is 17.7 Å². The average Bonchev–Trinajstić information content (AvgIpc) is 2.68. The van der Waals surface area contributed by atoms with E-state index < -0.39 is 11.7 Å². The molecule has 0 aliphatic heterocycles. The Labute approximate surface area is 110 Å². The molecule has 1 amide bonds. The molecule has 0 radical (unpaired) electrons. The van der Waals surface area contributed by atoms with Crippen molar-refractivity contribution in [2.45, 2.75) is 19.8 Å². The Balaban J connectivity index is 2.20. The number of unbranched alkanes of at least 4 members (excludes halogenated alkanes) is 1. The average molecular weight is 261 g/mol. The smallest absolute Gasteiger partial charge is 0.255 e. The third kappa shape index (κ3) is 2.45. The van der Waals surface area contributed by atoms with Gasteiger partial charge in [0.25, 0.3) is 5.91 Å². The Morgan fingerprint density at radius 2 is 1.95 bits per heavy atom. The third-order valence-corrected chi connectivity index (χ3v) is 3.00. The number of benzene rings is 1. The zero-order valence-electron chi connectivity index (χ0n) is 10.6. The van der Waals surface area contributed by atoms with Crippen LogP contribution in [0.2, 0.25) is 0 Å². The van der Waals surface area contributed by atoms with Crippen LogP contribution in [0.1, 0.15) is 35.7 Å². The van der Waals surface area contributed by atoms with Crippen molar-refractivity contribution in [3.05, 3.63) is 28.8 Å². The van der Waals surface area contributed by atoms with Crippen molar-refractivity contribution in [3.63, 3.8) is 0 Å². The van der Waals surface area contributed by atoms with Gasteiger partial charge in [-0.05, 0) is 30.2 Å². The van der Waals surface area contributed by atoms with E-state index in [-0.39, 0.29) is 22.6 Å². The lowest BCUT2D eigenvalue weighted by Gasteiger charge is -2.04. The zero-order chi connectivity index (χ0) is 14.0. The molecule has 0 bridgehead atoms. The number of Topliss-reactive ketones (excluding diaryl/α,β-unsaturated/α-hetero) is 1. The molecule has 1 aliphatic carbocycles. The van der Waals surface area contributed by atoms with Crippen molar-refractivity contribution < 1.29 is 19.8 Å². The molecule has 0 unspecified atom stereocenters. The highest BCUT2D eigenvalue weighted by atomic mass is 16.3. The molecular weight excluding hydrogens is 246 g/mol. The van der Waals surface area contributed by atoms with E-state index in [0.717, 1.165) is 12.8 Å². The van der Waals surface area contributed by atoms with Crippen LogP contribution in [0.5, 0.6) is 11.5 Å². The van der Waals surface area contributed by atoms with Gasteiger partial charge >= 0.3 is 0 Å². The van der Waals surface area contributed by atoms with Crippen LogP contribution < -0.4 is 5.32 Å². The maximum Gasteiger partial charge on any atom is 0.255 e. The number of ketones is 1. The molecule has 0 fully saturated rings. The second-order valence-electron chi connectivity index (χ2n) is 4.42. The third-order valence-electron chi connectivity index (χ3n) is 3.00. The van der Waals surface area contributed by atoms with Gasteiger partial charge in [-0.1, -0.05) is 13.3 Å². The fraction of sp³-hybridized carbons (Fsp3) is 0.286. The van der Waals surface area contributed by atoms with Crippen LogP contribution in [-0.4, -0.2) is 28.4 Å². The topological polar surface area (TPSA) is 86.6 Å². The number of phenolic OH excluding ortho intramolecular Hbond substituents is 2. The SMILES string of the molecule is CCCCNC(=O)C1=Cc2cc(O)c(O)cc2C1=O. The fourth-order valence-corrected chi connectivity index (χ4v) is 1.92. The molecule has 0 heterocycles. The first-order chi connectivity index (χ1) is 9.04. The number of hydrogen-bond donors (Lipinski definition) is 3. The summed E-state index contributed by atoms with van der Waals surface area (Å²) < 4.78 is 0. The maximum absolute atomic E-state index is 12.0. The second-order valence-corrected chi connectivity index (χ2v) is 4.42. The predicted octanol–water partition coefficient (Wildman–Crippen LogP) is 1.59. The molecule has 0 saturated carbocycles. The highest BCUT2D eigenvalue weighted by Crippen LogP contribution is 2.34. The lowest BCUT2D eigenvalue weighted by atomic mass is 10.1. The molecule has 19 heavy (non-hydrogen) atoms. The van der Waals surface area contributed by atoms with Gasteiger partial charge in [-0.15, -0.1) is 0 Å². The lowest BCUT2D eigenvalue weighted by Crippen LogP contribution is -2.28. The molecule has 0 spiro atoms. The van der Waals surface area contributed by atoms with E-state index in [1.165, 1.54) is 18.2 Å². The number of phenols is 2. The highest BCUT2D eigenvalue weighted by molar-refractivity contribution is 6.32. The summed E-state index contributed by atoms with van der Waals surface area (Å²) in [5.41, 5.74) is 0.716. The van der Waals surface area contributed by atoms with E-state index in [4.69, 9.17) is 0 Å². The monoisotopic (exact) mass is 261 g/mol. The molecule has 1 aromatic carbocycles. The largest absolute Gasteiger partial charge is 0.504 e. The summed E-state index contributed by atoms with van der Waals surface area (Å²) in [5.74, 6) is -1.53. The van der Waals surface area contributed by atoms with E-state index in [1.54, 1.807) is 0 Å². The number of hydrogen-bond acceptors (Lipinski definition) is 4. The van der Waals surface area contributed by atoms with Gasteiger partial charge in [0, 0.05) is 12.1 Å². The second kappa shape index (κ2) is 5.14. The number of fused-ring (bicyclic) bond motifs is 1. The molecule has 0 aromatic heterocycles. The summed E-state index contributed by atoms with van der Waals surface area (Å²) in [7, 11) is 0. The van der Waals surface area contributed by atoms with Crippen molar-refractivity contribution in [1.29, 1.82) is 0 Å². The molecule has 3 N–H and O–H groups in total. The van der Waals surface area contributed by atoms with Crippen LogP contribution >= 0.6 is 0 Å². The first-order valence-electron chi connectivity index (χ1n) is 6.15. The molecule has 100 valence electrons. The summed E-state index contributed by atoms with van der Waals surface area (Å²) in [6.07, 6.45) is 3.23. The standard InChI is InChI=1S/C14H15NO4/c1-2-3-4-15-14(19)10-5-8-6-11(16)12(17)7-9(8)13(10)18/h5-7,16-17H,2-4H2,1H3,(H,15,19). The molecular formula is C14H15NO4. The number of carbonyl (C=O) groups is 2. The van der Waals surface area contributed by atoms with Crippen LogP contribution in [-0.2, 0) is 4.79 Å². The Hall–Kier alpha value is -2.30. The Morgan fingerprint density at radius 1 is 1.26 bits per heavy atom. The maximum atomic E-state index is 12.0. The quantitative estimate of drug-likeness (QED) is 0.436. The highest BCUT2D eigenvalue weighted by Gasteiger charge is 2.28. The number of rotatable bonds is 4. The minimum atomic E-state index is -0.431. The van der Waals surface area contributed by atoms with Gasteiger partial charge in [0.1, 0.15) is 0 Å². The van der Waals surface area contributed by atoms with Crippen molar-refractivity contribution in [2.75, 3.05) is 6.54 Å². The number of amides is 1. The molecule has 2 rings (SSSR count). The van der Waals surface area contributed by atoms with Crippen LogP contribution in [0.4, 0.5) is 0 Å². The molecule has 1 aliphatic rings. The Kier molecular flexibility index (Phi) is 3.55. The first-order valence-corrected chi connectivity index (χ1v) is 6.15. The molecule has 5 heteroatoms. The summed E-state index contributed by atoms with van der Waals surface area (Å²) in [4.78, 5) is 23.9. The van der Waals surface area contributed by atoms with E-state index in [2.05, 4.69) is 5.32 Å². The fourth-order valence-electron chi connectivity index (χ4n) is 1.92. The van der Waals surface area contributed by atoms with Crippen molar-refractivity contribution in [3.8, 4) is 11.5 Å². The van der Waals surface area contributed by atoms with E-state index >= 15 is 0 Å². The minimum Gasteiger partial charge on any atom is -0.504 e. The van der Waals surface area contributed by atoms with Crippen LogP contribution in [0.3, 0.4) is 0 Å². The molecule has 5 nitrogen and oxygen atoms in total. The van der Waals surface area contributed by atoms with Gasteiger partial charge in [-0.2, -0.15) is 0 Å². The van der Waals surface area contributed by atoms with Crippen molar-refractivity contribution >= 4 is 17.8 Å². The lowest BCUT2D eigenvalue weighted by molar-refractivity contribution is -0.117. The van der Waals surface area contributed by atoms with Crippen LogP contribution in [0.25, 0.3) is 6.08 Å². The summed E-state index contributed by atoms with van der Waals surface area (Å²) in [5, 5.41) is 21.4. The zero-order valence-corrected chi connectivity index (χ0v) is 10.6. The Morgan fingerprint density at radius 3 is 2.63 bits per heavy atom. The molecule has 1 aromatic rings. The predicted molar refractivity (Wildman–Crippen MR) is 70.0 cm³/mol. The molecule has 0 saturated heterocycles. The summed E-state index contributed by atoms with van der Waals surface area (Å²) >= 11 is 0. The number of nitrogens with one attached hydrogen (secondary N) is 1. The summed E-state index contributed by atoms with van der Waals surface area (Å²) in [6.45, 7) is 2.53. The van der Waals surface area contributed by atoms with E-state index in [1.807, 2.05) is 6.92 Å². The van der Waals surface area contributed by atoms with Gasteiger partial charge in [0.05, 0.1) is 5.57 Å². The molecule has 0 atom stereocenters. The van der Waals surface area contributed by atoms with Gasteiger partial charge in [0.2, 0.25) is 0 Å². The van der Waals surface area contributed by atoms with E-state index in [9.17, 15) is 19.8 Å². The first kappa shape index (κ1) is 13.1. The minimum absolute atomic E-state index is 0.0381. The normalized spacial score (nSPS) is 13.1. The Bertz CT molecular complexity index is 575. The van der Waals surface area contributed by atoms with E-state index in [0.29, 0.717) is 12.1 Å². The van der Waals surface area contributed by atoms with Gasteiger partial charge in [0.15, 0.2) is 17.3 Å². The number of carbonyl (C=O) groups excluding carboxylic acids is 2. The van der Waals surface area contributed by atoms with Gasteiger partial charge in [-0.25, -0.2) is 0 Å². The van der Waals surface area contributed by atoms with Crippen LogP contribution in [0, 0.1) is 0 Å². The van der Waals surface area contributed by atoms with Gasteiger partial charge < -0.3 is 15.5 Å². The van der Waals surface area contributed by atoms with Gasteiger partial charge in [-0.3, -0.25) is 9.59 Å². The van der Waals surface area contributed by atoms with Crippen molar-refractivity contribution in [1.82, 2.24) is 5.32 Å². The number of aromatic hydroxyl groups is 2. The van der Waals surface area contributed by atoms with Crippen molar-refractivity contribution in [2.24, 2.45) is 0 Å².